The number of benzene rings is 1. The van der Waals surface area contributed by atoms with Gasteiger partial charge >= 0.3 is 0 Å². The van der Waals surface area contributed by atoms with Crippen molar-refractivity contribution in [2.24, 2.45) is 5.73 Å². The number of rotatable bonds is 4. The Balaban J connectivity index is 2.02. The van der Waals surface area contributed by atoms with Crippen molar-refractivity contribution in [2.75, 3.05) is 6.54 Å². The molecule has 0 bridgehead atoms. The normalized spacial score (nSPS) is 16.9. The fourth-order valence-electron chi connectivity index (χ4n) is 2.16. The van der Waals surface area contributed by atoms with Gasteiger partial charge in [0.15, 0.2) is 0 Å². The van der Waals surface area contributed by atoms with Gasteiger partial charge in [-0.25, -0.2) is 0 Å². The Bertz CT molecular complexity index is 348. The van der Waals surface area contributed by atoms with Gasteiger partial charge in [0.1, 0.15) is 0 Å². The molecular formula is C13H18BrNS. The van der Waals surface area contributed by atoms with Crippen LogP contribution in [0.2, 0.25) is 0 Å². The molecule has 88 valence electrons. The summed E-state index contributed by atoms with van der Waals surface area (Å²) >= 11 is 5.66. The topological polar surface area (TPSA) is 26.0 Å². The highest BCUT2D eigenvalue weighted by molar-refractivity contribution is 9.10. The monoisotopic (exact) mass is 299 g/mol. The van der Waals surface area contributed by atoms with Crippen LogP contribution in [0.15, 0.2) is 27.6 Å². The number of thioether (sulfide) groups is 1. The summed E-state index contributed by atoms with van der Waals surface area (Å²) in [5, 5.41) is 0.840. The Morgan fingerprint density at radius 2 is 2.06 bits per heavy atom. The van der Waals surface area contributed by atoms with Crippen molar-refractivity contribution in [3.63, 3.8) is 0 Å². The highest BCUT2D eigenvalue weighted by atomic mass is 79.9. The van der Waals surface area contributed by atoms with Crippen LogP contribution in [-0.4, -0.2) is 11.8 Å². The quantitative estimate of drug-likeness (QED) is 0.910. The molecule has 1 fully saturated rings. The Kier molecular flexibility index (Phi) is 4.74. The molecule has 0 aliphatic heterocycles. The smallest absolute Gasteiger partial charge is 0.0218 e. The Labute approximate surface area is 110 Å². The maximum atomic E-state index is 5.57. The predicted octanol–water partition coefficient (Wildman–Crippen LogP) is 3.99. The van der Waals surface area contributed by atoms with Crippen molar-refractivity contribution in [3.8, 4) is 0 Å². The lowest BCUT2D eigenvalue weighted by Crippen LogP contribution is -2.03. The molecule has 1 aromatic carbocycles. The first kappa shape index (κ1) is 12.5. The summed E-state index contributed by atoms with van der Waals surface area (Å²) < 4.78 is 1.21. The molecule has 16 heavy (non-hydrogen) atoms. The van der Waals surface area contributed by atoms with E-state index in [4.69, 9.17) is 5.73 Å². The van der Waals surface area contributed by atoms with Crippen molar-refractivity contribution in [3.05, 3.63) is 28.2 Å². The highest BCUT2D eigenvalue weighted by Gasteiger charge is 2.16. The molecular weight excluding hydrogens is 282 g/mol. The zero-order valence-electron chi connectivity index (χ0n) is 9.42. The first-order chi connectivity index (χ1) is 7.79. The van der Waals surface area contributed by atoms with Crippen LogP contribution < -0.4 is 5.73 Å². The van der Waals surface area contributed by atoms with Crippen molar-refractivity contribution >= 4 is 27.7 Å². The molecule has 3 heteroatoms. The molecule has 0 saturated heterocycles. The highest BCUT2D eigenvalue weighted by Crippen LogP contribution is 2.36. The van der Waals surface area contributed by atoms with Crippen molar-refractivity contribution in [2.45, 2.75) is 42.2 Å². The van der Waals surface area contributed by atoms with Crippen LogP contribution in [0.25, 0.3) is 0 Å². The maximum Gasteiger partial charge on any atom is 0.0218 e. The summed E-state index contributed by atoms with van der Waals surface area (Å²) in [7, 11) is 0. The van der Waals surface area contributed by atoms with Crippen LogP contribution in [0.3, 0.4) is 0 Å². The second kappa shape index (κ2) is 6.08. The third-order valence-electron chi connectivity index (χ3n) is 3.04. The molecule has 0 aromatic heterocycles. The summed E-state index contributed by atoms with van der Waals surface area (Å²) in [6.45, 7) is 0.716. The average molecular weight is 300 g/mol. The molecule has 2 N–H and O–H groups in total. The first-order valence-electron chi connectivity index (χ1n) is 5.95. The van der Waals surface area contributed by atoms with Crippen LogP contribution in [0.1, 0.15) is 31.2 Å². The van der Waals surface area contributed by atoms with Crippen molar-refractivity contribution in [1.82, 2.24) is 0 Å². The van der Waals surface area contributed by atoms with E-state index in [-0.39, 0.29) is 0 Å². The fourth-order valence-corrected chi connectivity index (χ4v) is 4.17. The van der Waals surface area contributed by atoms with E-state index in [0.717, 1.165) is 11.7 Å². The van der Waals surface area contributed by atoms with Crippen LogP contribution >= 0.6 is 27.7 Å². The zero-order chi connectivity index (χ0) is 11.4. The molecule has 0 amide bonds. The van der Waals surface area contributed by atoms with Gasteiger partial charge in [-0.2, -0.15) is 0 Å². The molecule has 2 rings (SSSR count). The van der Waals surface area contributed by atoms with Gasteiger partial charge in [0.25, 0.3) is 0 Å². The minimum Gasteiger partial charge on any atom is -0.330 e. The standard InChI is InChI=1S/C13H18BrNS/c14-13-9-12(6-5-10(13)7-8-15)16-11-3-1-2-4-11/h5-6,9,11H,1-4,7-8,15H2. The van der Waals surface area contributed by atoms with Crippen molar-refractivity contribution < 1.29 is 0 Å². The maximum absolute atomic E-state index is 5.57. The van der Waals surface area contributed by atoms with Gasteiger partial charge in [0.05, 0.1) is 0 Å². The lowest BCUT2D eigenvalue weighted by atomic mass is 10.1. The number of hydrogen-bond donors (Lipinski definition) is 1. The van der Waals surface area contributed by atoms with Gasteiger partial charge in [0, 0.05) is 14.6 Å². The summed E-state index contributed by atoms with van der Waals surface area (Å²) in [6.07, 6.45) is 6.53. The van der Waals surface area contributed by atoms with E-state index in [9.17, 15) is 0 Å². The Hall–Kier alpha value is 0.01000. The van der Waals surface area contributed by atoms with E-state index in [1.54, 1.807) is 0 Å². The van der Waals surface area contributed by atoms with Crippen molar-refractivity contribution in [1.29, 1.82) is 0 Å². The molecule has 0 heterocycles. The molecule has 0 spiro atoms. The summed E-state index contributed by atoms with van der Waals surface area (Å²) in [4.78, 5) is 1.39. The number of nitrogens with two attached hydrogens (primary N) is 1. The lowest BCUT2D eigenvalue weighted by molar-refractivity contribution is 0.886. The van der Waals surface area contributed by atoms with Gasteiger partial charge in [-0.1, -0.05) is 34.8 Å². The van der Waals surface area contributed by atoms with Crippen LogP contribution in [0, 0.1) is 0 Å². The van der Waals surface area contributed by atoms with Gasteiger partial charge in [0.2, 0.25) is 0 Å². The van der Waals surface area contributed by atoms with Gasteiger partial charge in [-0.3, -0.25) is 0 Å². The first-order valence-corrected chi connectivity index (χ1v) is 7.62. The minimum absolute atomic E-state index is 0.716. The van der Waals surface area contributed by atoms with E-state index in [1.807, 2.05) is 11.8 Å². The Morgan fingerprint density at radius 3 is 2.69 bits per heavy atom. The molecule has 0 radical (unpaired) electrons. The van der Waals surface area contributed by atoms with E-state index < -0.39 is 0 Å². The van der Waals surface area contributed by atoms with Gasteiger partial charge < -0.3 is 5.73 Å². The van der Waals surface area contributed by atoms with Crippen LogP contribution in [0.4, 0.5) is 0 Å². The third kappa shape index (κ3) is 3.25. The molecule has 1 saturated carbocycles. The third-order valence-corrected chi connectivity index (χ3v) is 5.11. The second-order valence-corrected chi connectivity index (χ2v) is 6.54. The predicted molar refractivity (Wildman–Crippen MR) is 75.0 cm³/mol. The lowest BCUT2D eigenvalue weighted by Gasteiger charge is -2.10. The number of halogens is 1. The molecule has 1 aliphatic rings. The molecule has 1 aliphatic carbocycles. The summed E-state index contributed by atoms with van der Waals surface area (Å²) in [5.74, 6) is 0. The average Bonchev–Trinajstić information content (AvgIpc) is 2.75. The Morgan fingerprint density at radius 1 is 1.31 bits per heavy atom. The van der Waals surface area contributed by atoms with E-state index in [0.29, 0.717) is 6.54 Å². The summed E-state index contributed by atoms with van der Waals surface area (Å²) in [5.41, 5.74) is 6.89. The van der Waals surface area contributed by atoms with Gasteiger partial charge in [-0.15, -0.1) is 11.8 Å². The number of hydrogen-bond acceptors (Lipinski definition) is 2. The second-order valence-electron chi connectivity index (χ2n) is 4.32. The minimum atomic E-state index is 0.716. The SMILES string of the molecule is NCCc1ccc(SC2CCCC2)cc1Br. The largest absolute Gasteiger partial charge is 0.330 e. The fraction of sp³-hybridized carbons (Fsp3) is 0.538. The van der Waals surface area contributed by atoms with Gasteiger partial charge in [-0.05, 0) is 43.5 Å². The van der Waals surface area contributed by atoms with E-state index >= 15 is 0 Å². The molecule has 1 aromatic rings. The molecule has 0 atom stereocenters. The van der Waals surface area contributed by atoms with E-state index in [1.165, 1.54) is 40.6 Å². The van der Waals surface area contributed by atoms with E-state index in [2.05, 4.69) is 34.1 Å². The summed E-state index contributed by atoms with van der Waals surface area (Å²) in [6, 6.07) is 6.68. The van der Waals surface area contributed by atoms with Crippen LogP contribution in [-0.2, 0) is 6.42 Å². The molecule has 1 nitrogen and oxygen atoms in total. The van der Waals surface area contributed by atoms with Crippen LogP contribution in [0.5, 0.6) is 0 Å². The zero-order valence-corrected chi connectivity index (χ0v) is 11.8. The molecule has 0 unspecified atom stereocenters.